The number of methoxy groups -OCH3 is 1. The molecule has 1 amide bonds. The Morgan fingerprint density at radius 2 is 1.96 bits per heavy atom. The first-order chi connectivity index (χ1) is 11.1. The molecule has 1 saturated carbocycles. The number of hydrogen-bond acceptors (Lipinski definition) is 3. The van der Waals surface area contributed by atoms with Crippen LogP contribution in [0.1, 0.15) is 28.3 Å². The van der Waals surface area contributed by atoms with Crippen molar-refractivity contribution in [2.45, 2.75) is 12.3 Å². The number of anilines is 1. The van der Waals surface area contributed by atoms with Crippen molar-refractivity contribution in [2.24, 2.45) is 5.92 Å². The fourth-order valence-corrected chi connectivity index (χ4v) is 3.08. The smallest absolute Gasteiger partial charge is 0.337 e. The monoisotopic (exact) mass is 373 g/mol. The van der Waals surface area contributed by atoms with Gasteiger partial charge in [0.2, 0.25) is 5.91 Å². The van der Waals surface area contributed by atoms with Gasteiger partial charge in [0.1, 0.15) is 0 Å². The number of ether oxygens (including phenoxy) is 1. The van der Waals surface area contributed by atoms with Gasteiger partial charge in [0.25, 0.3) is 0 Å². The van der Waals surface area contributed by atoms with E-state index >= 15 is 0 Å². The number of esters is 1. The highest BCUT2D eigenvalue weighted by Crippen LogP contribution is 2.48. The van der Waals surface area contributed by atoms with Gasteiger partial charge in [-0.3, -0.25) is 4.79 Å². The molecule has 0 heterocycles. The highest BCUT2D eigenvalue weighted by atomic mass is 79.9. The molecule has 0 aromatic heterocycles. The zero-order chi connectivity index (χ0) is 16.4. The molecule has 118 valence electrons. The molecule has 2 atom stereocenters. The standard InChI is InChI=1S/C18H16BrNO3/c1-23-18(22)12-5-3-7-14(9-12)20-17(21)16-10-15(16)11-4-2-6-13(19)8-11/h2-9,15-16H,10H2,1H3,(H,20,21). The van der Waals surface area contributed by atoms with Crippen LogP contribution in [0.15, 0.2) is 53.0 Å². The first-order valence-electron chi connectivity index (χ1n) is 7.33. The van der Waals surface area contributed by atoms with Crippen molar-refractivity contribution in [3.63, 3.8) is 0 Å². The van der Waals surface area contributed by atoms with E-state index in [-0.39, 0.29) is 17.7 Å². The molecule has 0 bridgehead atoms. The average molecular weight is 374 g/mol. The Morgan fingerprint density at radius 3 is 2.70 bits per heavy atom. The summed E-state index contributed by atoms with van der Waals surface area (Å²) in [5.41, 5.74) is 2.20. The van der Waals surface area contributed by atoms with Gasteiger partial charge in [-0.05, 0) is 48.2 Å². The van der Waals surface area contributed by atoms with E-state index in [1.165, 1.54) is 12.7 Å². The molecule has 2 aromatic rings. The fourth-order valence-electron chi connectivity index (χ4n) is 2.67. The van der Waals surface area contributed by atoms with E-state index in [0.29, 0.717) is 11.3 Å². The number of hydrogen-bond donors (Lipinski definition) is 1. The Kier molecular flexibility index (Phi) is 4.48. The van der Waals surface area contributed by atoms with Crippen LogP contribution in [0.3, 0.4) is 0 Å². The molecule has 1 aliphatic rings. The average Bonchev–Trinajstić information content (AvgIpc) is 3.35. The molecule has 0 aliphatic heterocycles. The number of rotatable bonds is 4. The van der Waals surface area contributed by atoms with Crippen LogP contribution in [-0.4, -0.2) is 19.0 Å². The molecular weight excluding hydrogens is 358 g/mol. The van der Waals surface area contributed by atoms with Crippen LogP contribution in [0.5, 0.6) is 0 Å². The summed E-state index contributed by atoms with van der Waals surface area (Å²) in [7, 11) is 1.33. The molecule has 4 nitrogen and oxygen atoms in total. The Morgan fingerprint density at radius 1 is 1.17 bits per heavy atom. The zero-order valence-electron chi connectivity index (χ0n) is 12.6. The van der Waals surface area contributed by atoms with Crippen molar-refractivity contribution < 1.29 is 14.3 Å². The van der Waals surface area contributed by atoms with Crippen LogP contribution in [0.25, 0.3) is 0 Å². The molecule has 2 aromatic carbocycles. The molecule has 2 unspecified atom stereocenters. The maximum absolute atomic E-state index is 12.4. The summed E-state index contributed by atoms with van der Waals surface area (Å²) in [5, 5.41) is 2.88. The number of nitrogens with one attached hydrogen (secondary N) is 1. The van der Waals surface area contributed by atoms with Crippen LogP contribution in [0, 0.1) is 5.92 Å². The molecule has 0 radical (unpaired) electrons. The Bertz CT molecular complexity index is 759. The van der Waals surface area contributed by atoms with E-state index in [9.17, 15) is 9.59 Å². The van der Waals surface area contributed by atoms with Gasteiger partial charge in [-0.25, -0.2) is 4.79 Å². The Labute approximate surface area is 143 Å². The fraction of sp³-hybridized carbons (Fsp3) is 0.222. The number of carbonyl (C=O) groups is 2. The van der Waals surface area contributed by atoms with E-state index < -0.39 is 5.97 Å². The third kappa shape index (κ3) is 3.62. The van der Waals surface area contributed by atoms with E-state index in [0.717, 1.165) is 10.9 Å². The van der Waals surface area contributed by atoms with Crippen LogP contribution < -0.4 is 5.32 Å². The second-order valence-electron chi connectivity index (χ2n) is 5.57. The van der Waals surface area contributed by atoms with Crippen molar-refractivity contribution >= 4 is 33.5 Å². The van der Waals surface area contributed by atoms with E-state index in [4.69, 9.17) is 0 Å². The predicted molar refractivity (Wildman–Crippen MR) is 91.4 cm³/mol. The van der Waals surface area contributed by atoms with Crippen LogP contribution in [0.2, 0.25) is 0 Å². The minimum atomic E-state index is -0.417. The van der Waals surface area contributed by atoms with Gasteiger partial charge in [-0.15, -0.1) is 0 Å². The lowest BCUT2D eigenvalue weighted by atomic mass is 10.1. The molecule has 0 saturated heterocycles. The number of benzene rings is 2. The maximum Gasteiger partial charge on any atom is 0.337 e. The first-order valence-corrected chi connectivity index (χ1v) is 8.12. The van der Waals surface area contributed by atoms with Crippen LogP contribution >= 0.6 is 15.9 Å². The molecule has 23 heavy (non-hydrogen) atoms. The molecule has 1 fully saturated rings. The summed E-state index contributed by atoms with van der Waals surface area (Å²) in [6.07, 6.45) is 0.846. The highest BCUT2D eigenvalue weighted by molar-refractivity contribution is 9.10. The van der Waals surface area contributed by atoms with Gasteiger partial charge in [0.05, 0.1) is 12.7 Å². The second-order valence-corrected chi connectivity index (χ2v) is 6.48. The van der Waals surface area contributed by atoms with Gasteiger partial charge in [-0.1, -0.05) is 34.1 Å². The SMILES string of the molecule is COC(=O)c1cccc(NC(=O)C2CC2c2cccc(Br)c2)c1. The lowest BCUT2D eigenvalue weighted by Crippen LogP contribution is -2.15. The van der Waals surface area contributed by atoms with Crippen molar-refractivity contribution in [1.82, 2.24) is 0 Å². The van der Waals surface area contributed by atoms with E-state index in [2.05, 4.69) is 32.0 Å². The number of amides is 1. The Hall–Kier alpha value is -2.14. The lowest BCUT2D eigenvalue weighted by Gasteiger charge is -2.07. The molecule has 1 N–H and O–H groups in total. The highest BCUT2D eigenvalue weighted by Gasteiger charge is 2.43. The number of halogens is 1. The van der Waals surface area contributed by atoms with Gasteiger partial charge >= 0.3 is 5.97 Å². The zero-order valence-corrected chi connectivity index (χ0v) is 14.2. The lowest BCUT2D eigenvalue weighted by molar-refractivity contribution is -0.117. The third-order valence-electron chi connectivity index (χ3n) is 3.96. The molecular formula is C18H16BrNO3. The van der Waals surface area contributed by atoms with Gasteiger partial charge < -0.3 is 10.1 Å². The largest absolute Gasteiger partial charge is 0.465 e. The quantitative estimate of drug-likeness (QED) is 0.824. The topological polar surface area (TPSA) is 55.4 Å². The molecule has 3 rings (SSSR count). The van der Waals surface area contributed by atoms with Crippen molar-refractivity contribution in [1.29, 1.82) is 0 Å². The number of carbonyl (C=O) groups excluding carboxylic acids is 2. The molecule has 0 spiro atoms. The van der Waals surface area contributed by atoms with E-state index in [1.54, 1.807) is 24.3 Å². The van der Waals surface area contributed by atoms with Gasteiger partial charge in [0.15, 0.2) is 0 Å². The third-order valence-corrected chi connectivity index (χ3v) is 4.45. The van der Waals surface area contributed by atoms with Crippen molar-refractivity contribution in [2.75, 3.05) is 12.4 Å². The summed E-state index contributed by atoms with van der Waals surface area (Å²) in [6, 6.07) is 14.8. The molecule has 1 aliphatic carbocycles. The minimum absolute atomic E-state index is 0.0167. The minimum Gasteiger partial charge on any atom is -0.465 e. The summed E-state index contributed by atoms with van der Waals surface area (Å²) in [6.45, 7) is 0. The van der Waals surface area contributed by atoms with Crippen LogP contribution in [-0.2, 0) is 9.53 Å². The van der Waals surface area contributed by atoms with E-state index in [1.807, 2.05) is 18.2 Å². The summed E-state index contributed by atoms with van der Waals surface area (Å²) in [5.74, 6) is -0.195. The summed E-state index contributed by atoms with van der Waals surface area (Å²) < 4.78 is 5.71. The van der Waals surface area contributed by atoms with Crippen molar-refractivity contribution in [3.05, 3.63) is 64.1 Å². The van der Waals surface area contributed by atoms with Crippen LogP contribution in [0.4, 0.5) is 5.69 Å². The Balaban J connectivity index is 1.66. The normalized spacial score (nSPS) is 19.0. The molecule has 5 heteroatoms. The summed E-state index contributed by atoms with van der Waals surface area (Å²) >= 11 is 3.45. The van der Waals surface area contributed by atoms with Gasteiger partial charge in [-0.2, -0.15) is 0 Å². The first kappa shape index (κ1) is 15.7. The van der Waals surface area contributed by atoms with Crippen molar-refractivity contribution in [3.8, 4) is 0 Å². The second kappa shape index (κ2) is 6.54. The summed E-state index contributed by atoms with van der Waals surface area (Å²) in [4.78, 5) is 23.9. The predicted octanol–water partition coefficient (Wildman–Crippen LogP) is 3.98. The maximum atomic E-state index is 12.4. The van der Waals surface area contributed by atoms with Gasteiger partial charge in [0, 0.05) is 16.1 Å².